The van der Waals surface area contributed by atoms with Gasteiger partial charge in [0.2, 0.25) is 0 Å². The molecular weight excluding hydrogens is 292 g/mol. The highest BCUT2D eigenvalue weighted by Crippen LogP contribution is 2.15. The van der Waals surface area contributed by atoms with Crippen LogP contribution in [0.3, 0.4) is 0 Å². The molecule has 1 aromatic rings. The quantitative estimate of drug-likeness (QED) is 0.649. The Labute approximate surface area is 128 Å². The molecule has 106 valence electrons. The van der Waals surface area contributed by atoms with E-state index in [2.05, 4.69) is 16.9 Å². The number of anilines is 1. The van der Waals surface area contributed by atoms with Crippen LogP contribution in [-0.4, -0.2) is 18.4 Å². The molecule has 0 heterocycles. The lowest BCUT2D eigenvalue weighted by molar-refractivity contribution is -0.112. The van der Waals surface area contributed by atoms with Gasteiger partial charge in [-0.05, 0) is 32.2 Å². The first-order valence-corrected chi connectivity index (χ1v) is 7.55. The van der Waals surface area contributed by atoms with Gasteiger partial charge in [0.15, 0.2) is 0 Å². The summed E-state index contributed by atoms with van der Waals surface area (Å²) in [6, 6.07) is 7.55. The maximum atomic E-state index is 12.0. The molecule has 20 heavy (non-hydrogen) atoms. The normalized spacial score (nSPS) is 12.2. The van der Waals surface area contributed by atoms with Crippen LogP contribution in [-0.2, 0) is 4.79 Å². The van der Waals surface area contributed by atoms with E-state index in [9.17, 15) is 4.79 Å². The van der Waals surface area contributed by atoms with Gasteiger partial charge >= 0.3 is 0 Å². The largest absolute Gasteiger partial charge is 0.322 e. The van der Waals surface area contributed by atoms with Crippen LogP contribution in [0.15, 0.2) is 51.5 Å². The van der Waals surface area contributed by atoms with Crippen molar-refractivity contribution in [1.82, 2.24) is 0 Å². The lowest BCUT2D eigenvalue weighted by atomic mass is 10.2. The van der Waals surface area contributed by atoms with E-state index in [-0.39, 0.29) is 5.91 Å². The van der Waals surface area contributed by atoms with Gasteiger partial charge in [-0.3, -0.25) is 4.79 Å². The van der Waals surface area contributed by atoms with Crippen LogP contribution in [0.1, 0.15) is 12.5 Å². The number of benzene rings is 1. The number of halogens is 1. The van der Waals surface area contributed by atoms with Crippen LogP contribution in [0, 0.1) is 6.92 Å². The molecule has 1 amide bonds. The van der Waals surface area contributed by atoms with Crippen molar-refractivity contribution in [1.29, 1.82) is 0 Å². The van der Waals surface area contributed by atoms with Crippen molar-refractivity contribution in [2.24, 2.45) is 4.99 Å². The van der Waals surface area contributed by atoms with Gasteiger partial charge in [0.05, 0.1) is 10.1 Å². The molecule has 0 bridgehead atoms. The van der Waals surface area contributed by atoms with Gasteiger partial charge in [-0.2, -0.15) is 0 Å². The number of thioether (sulfide) groups is 1. The number of hydrogen-bond acceptors (Lipinski definition) is 3. The predicted octanol–water partition coefficient (Wildman–Crippen LogP) is 4.35. The molecule has 0 fully saturated rings. The summed E-state index contributed by atoms with van der Waals surface area (Å²) in [5, 5.41) is 3.71. The Hall–Kier alpha value is -1.52. The molecule has 5 heteroatoms. The van der Waals surface area contributed by atoms with Crippen LogP contribution >= 0.6 is 23.4 Å². The first-order valence-electron chi connectivity index (χ1n) is 5.95. The Bertz CT molecular complexity index is 562. The molecule has 0 aliphatic carbocycles. The van der Waals surface area contributed by atoms with Crippen LogP contribution in [0.2, 0.25) is 0 Å². The number of hydrogen-bond donors (Lipinski definition) is 1. The summed E-state index contributed by atoms with van der Waals surface area (Å²) in [6.07, 6.45) is 3.30. The molecule has 0 aromatic heterocycles. The third-order valence-electron chi connectivity index (χ3n) is 2.57. The van der Waals surface area contributed by atoms with E-state index < -0.39 is 0 Å². The number of carbonyl (C=O) groups excluding carboxylic acids is 1. The summed E-state index contributed by atoms with van der Waals surface area (Å²) in [6.45, 7) is 7.35. The van der Waals surface area contributed by atoms with Crippen molar-refractivity contribution in [3.05, 3.63) is 52.0 Å². The van der Waals surface area contributed by atoms with E-state index in [0.717, 1.165) is 11.3 Å². The summed E-state index contributed by atoms with van der Waals surface area (Å²) >= 11 is 7.45. The van der Waals surface area contributed by atoms with Crippen molar-refractivity contribution in [2.75, 3.05) is 11.6 Å². The minimum absolute atomic E-state index is 0.250. The highest BCUT2D eigenvalue weighted by Gasteiger charge is 2.08. The molecule has 0 aliphatic heterocycles. The molecule has 0 aliphatic rings. The van der Waals surface area contributed by atoms with Gasteiger partial charge in [0.1, 0.15) is 0 Å². The molecule has 1 rings (SSSR count). The number of carbonyl (C=O) groups is 1. The number of nitrogens with zero attached hydrogens (tertiary/aromatic N) is 1. The smallest absolute Gasteiger partial charge is 0.252 e. The van der Waals surface area contributed by atoms with Gasteiger partial charge in [-0.25, -0.2) is 4.99 Å². The minimum atomic E-state index is -0.250. The molecular formula is C15H17ClN2OS. The zero-order chi connectivity index (χ0) is 15.1. The molecule has 1 N–H and O–H groups in total. The molecule has 0 radical (unpaired) electrons. The first-order chi connectivity index (χ1) is 9.43. The highest BCUT2D eigenvalue weighted by molar-refractivity contribution is 8.02. The maximum Gasteiger partial charge on any atom is 0.252 e. The molecule has 0 saturated carbocycles. The third kappa shape index (κ3) is 5.23. The van der Waals surface area contributed by atoms with E-state index in [1.54, 1.807) is 6.92 Å². The van der Waals surface area contributed by atoms with E-state index in [1.807, 2.05) is 37.4 Å². The van der Waals surface area contributed by atoms with Gasteiger partial charge in [-0.1, -0.05) is 35.9 Å². The average Bonchev–Trinajstić information content (AvgIpc) is 2.45. The van der Waals surface area contributed by atoms with Crippen LogP contribution in [0.25, 0.3) is 0 Å². The van der Waals surface area contributed by atoms with Crippen molar-refractivity contribution < 1.29 is 4.79 Å². The number of aryl methyl sites for hydroxylation is 1. The van der Waals surface area contributed by atoms with Crippen molar-refractivity contribution in [2.45, 2.75) is 13.8 Å². The van der Waals surface area contributed by atoms with Crippen molar-refractivity contribution in [3.63, 3.8) is 0 Å². The molecule has 0 spiro atoms. The Morgan fingerprint density at radius 3 is 2.55 bits per heavy atom. The zero-order valence-corrected chi connectivity index (χ0v) is 13.3. The lowest BCUT2D eigenvalue weighted by Crippen LogP contribution is -2.13. The highest BCUT2D eigenvalue weighted by atomic mass is 35.5. The standard InChI is InChI=1S/C15H17ClN2OS/c1-10-5-7-13(8-6-10)18-15(19)11(2)14(16)9-17-12(3)20-4/h5-9H,3H2,1-2,4H3,(H,18,19)/b14-11-,17-9?. The second-order valence-corrected chi connectivity index (χ2v) is 5.44. The molecule has 1 aromatic carbocycles. The van der Waals surface area contributed by atoms with Crippen LogP contribution in [0.4, 0.5) is 5.69 Å². The summed E-state index contributed by atoms with van der Waals surface area (Å²) < 4.78 is 0. The summed E-state index contributed by atoms with van der Waals surface area (Å²) in [7, 11) is 0. The van der Waals surface area contributed by atoms with E-state index in [1.165, 1.54) is 18.0 Å². The number of aliphatic imine (C=N–C) groups is 1. The Morgan fingerprint density at radius 1 is 1.40 bits per heavy atom. The topological polar surface area (TPSA) is 41.5 Å². The number of amides is 1. The Morgan fingerprint density at radius 2 is 2.00 bits per heavy atom. The minimum Gasteiger partial charge on any atom is -0.322 e. The summed E-state index contributed by atoms with van der Waals surface area (Å²) in [5.41, 5.74) is 2.27. The summed E-state index contributed by atoms with van der Waals surface area (Å²) in [4.78, 5) is 16.0. The van der Waals surface area contributed by atoms with Gasteiger partial charge in [0, 0.05) is 17.5 Å². The molecule has 0 unspecified atom stereocenters. The van der Waals surface area contributed by atoms with Gasteiger partial charge in [-0.15, -0.1) is 11.8 Å². The van der Waals surface area contributed by atoms with Gasteiger partial charge in [0.25, 0.3) is 5.91 Å². The molecule has 0 saturated heterocycles. The fraction of sp³-hybridized carbons (Fsp3) is 0.200. The molecule has 3 nitrogen and oxygen atoms in total. The SMILES string of the molecule is C=C(N=C/C(Cl)=C(\C)C(=O)Nc1ccc(C)cc1)SC. The second kappa shape index (κ2) is 7.92. The van der Waals surface area contributed by atoms with E-state index in [0.29, 0.717) is 15.6 Å². The molecule has 0 atom stereocenters. The van der Waals surface area contributed by atoms with E-state index in [4.69, 9.17) is 11.6 Å². The lowest BCUT2D eigenvalue weighted by Gasteiger charge is -2.06. The summed E-state index contributed by atoms with van der Waals surface area (Å²) in [5.74, 6) is -0.250. The van der Waals surface area contributed by atoms with Crippen LogP contribution < -0.4 is 5.32 Å². The van der Waals surface area contributed by atoms with E-state index >= 15 is 0 Å². The number of allylic oxidation sites excluding steroid dienone is 1. The second-order valence-electron chi connectivity index (χ2n) is 4.15. The zero-order valence-electron chi connectivity index (χ0n) is 11.7. The monoisotopic (exact) mass is 308 g/mol. The number of rotatable bonds is 5. The Kier molecular flexibility index (Phi) is 6.55. The van der Waals surface area contributed by atoms with Crippen LogP contribution in [0.5, 0.6) is 0 Å². The fourth-order valence-corrected chi connectivity index (χ4v) is 1.54. The predicted molar refractivity (Wildman–Crippen MR) is 89.5 cm³/mol. The third-order valence-corrected chi connectivity index (χ3v) is 3.52. The van der Waals surface area contributed by atoms with Crippen molar-refractivity contribution >= 4 is 41.2 Å². The maximum absolute atomic E-state index is 12.0. The van der Waals surface area contributed by atoms with Crippen molar-refractivity contribution in [3.8, 4) is 0 Å². The van der Waals surface area contributed by atoms with Gasteiger partial charge < -0.3 is 5.32 Å². The first kappa shape index (κ1) is 16.5. The average molecular weight is 309 g/mol. The Balaban J connectivity index is 2.77. The number of nitrogens with one attached hydrogen (secondary N) is 1. The fourth-order valence-electron chi connectivity index (χ4n) is 1.25.